The SMILES string of the molecule is Cl.O=S(=O)(c1ccc2c(c1)CCO2)N1CCC(CN2CCc3ccccc3C2)CC1. The Morgan fingerprint density at radius 2 is 1.70 bits per heavy atom. The first-order valence-corrected chi connectivity index (χ1v) is 12.1. The van der Waals surface area contributed by atoms with Gasteiger partial charge < -0.3 is 4.74 Å². The Bertz CT molecular complexity index is 1000. The Morgan fingerprint density at radius 3 is 2.50 bits per heavy atom. The van der Waals surface area contributed by atoms with E-state index in [-0.39, 0.29) is 12.4 Å². The summed E-state index contributed by atoms with van der Waals surface area (Å²) in [6, 6.07) is 14.0. The van der Waals surface area contributed by atoms with Gasteiger partial charge in [-0.15, -0.1) is 12.4 Å². The van der Waals surface area contributed by atoms with Crippen LogP contribution < -0.4 is 4.74 Å². The molecule has 0 aliphatic carbocycles. The molecule has 5 nitrogen and oxygen atoms in total. The van der Waals surface area contributed by atoms with Crippen LogP contribution >= 0.6 is 12.4 Å². The number of ether oxygens (including phenoxy) is 1. The number of nitrogens with zero attached hydrogens (tertiary/aromatic N) is 2. The molecule has 2 aromatic carbocycles. The van der Waals surface area contributed by atoms with Gasteiger partial charge in [-0.25, -0.2) is 8.42 Å². The van der Waals surface area contributed by atoms with Crippen molar-refractivity contribution in [3.8, 4) is 5.75 Å². The molecule has 0 aromatic heterocycles. The molecule has 30 heavy (non-hydrogen) atoms. The monoisotopic (exact) mass is 448 g/mol. The Morgan fingerprint density at radius 1 is 0.933 bits per heavy atom. The molecule has 3 heterocycles. The number of fused-ring (bicyclic) bond motifs is 2. The van der Waals surface area contributed by atoms with E-state index in [0.717, 1.165) is 56.6 Å². The molecular weight excluding hydrogens is 420 g/mol. The Hall–Kier alpha value is -1.60. The molecule has 5 rings (SSSR count). The summed E-state index contributed by atoms with van der Waals surface area (Å²) in [6.45, 7) is 5.07. The summed E-state index contributed by atoms with van der Waals surface area (Å²) in [5, 5.41) is 0. The quantitative estimate of drug-likeness (QED) is 0.718. The molecule has 1 saturated heterocycles. The second kappa shape index (κ2) is 8.87. The predicted molar refractivity (Wildman–Crippen MR) is 120 cm³/mol. The van der Waals surface area contributed by atoms with Crippen molar-refractivity contribution in [1.29, 1.82) is 0 Å². The zero-order chi connectivity index (χ0) is 19.8. The van der Waals surface area contributed by atoms with Crippen molar-refractivity contribution < 1.29 is 13.2 Å². The van der Waals surface area contributed by atoms with Gasteiger partial charge in [0.1, 0.15) is 5.75 Å². The molecule has 0 amide bonds. The van der Waals surface area contributed by atoms with Crippen molar-refractivity contribution in [2.45, 2.75) is 37.1 Å². The lowest BCUT2D eigenvalue weighted by molar-refractivity contribution is 0.171. The molecule has 1 fully saturated rings. The third-order valence-electron chi connectivity index (χ3n) is 6.60. The molecule has 0 unspecified atom stereocenters. The van der Waals surface area contributed by atoms with Crippen molar-refractivity contribution in [1.82, 2.24) is 9.21 Å². The van der Waals surface area contributed by atoms with Crippen LogP contribution in [0.3, 0.4) is 0 Å². The zero-order valence-electron chi connectivity index (χ0n) is 17.1. The van der Waals surface area contributed by atoms with Crippen LogP contribution in [0, 0.1) is 5.92 Å². The predicted octanol–water partition coefficient (Wildman–Crippen LogP) is 3.50. The highest BCUT2D eigenvalue weighted by atomic mass is 35.5. The summed E-state index contributed by atoms with van der Waals surface area (Å²) in [5.41, 5.74) is 3.93. The van der Waals surface area contributed by atoms with E-state index in [1.54, 1.807) is 22.5 Å². The summed E-state index contributed by atoms with van der Waals surface area (Å²) in [4.78, 5) is 2.95. The van der Waals surface area contributed by atoms with Crippen LogP contribution in [-0.4, -0.2) is 50.4 Å². The van der Waals surface area contributed by atoms with E-state index in [0.29, 0.717) is 30.5 Å². The van der Waals surface area contributed by atoms with E-state index >= 15 is 0 Å². The second-order valence-electron chi connectivity index (χ2n) is 8.47. The molecule has 3 aliphatic rings. The maximum Gasteiger partial charge on any atom is 0.243 e. The van der Waals surface area contributed by atoms with Gasteiger partial charge in [-0.05, 0) is 60.1 Å². The van der Waals surface area contributed by atoms with Crippen LogP contribution in [0.25, 0.3) is 0 Å². The number of benzene rings is 2. The van der Waals surface area contributed by atoms with Gasteiger partial charge in [-0.1, -0.05) is 24.3 Å². The minimum atomic E-state index is -3.42. The Kier molecular flexibility index (Phi) is 6.39. The van der Waals surface area contributed by atoms with Gasteiger partial charge in [-0.3, -0.25) is 4.90 Å². The minimum Gasteiger partial charge on any atom is -0.493 e. The molecule has 162 valence electrons. The molecule has 0 saturated carbocycles. The molecule has 2 aromatic rings. The maximum absolute atomic E-state index is 13.1. The molecule has 0 bridgehead atoms. The molecule has 0 atom stereocenters. The lowest BCUT2D eigenvalue weighted by Gasteiger charge is -2.36. The van der Waals surface area contributed by atoms with E-state index < -0.39 is 10.0 Å². The van der Waals surface area contributed by atoms with E-state index in [4.69, 9.17) is 4.74 Å². The average Bonchev–Trinajstić information content (AvgIpc) is 3.22. The van der Waals surface area contributed by atoms with Gasteiger partial charge >= 0.3 is 0 Å². The van der Waals surface area contributed by atoms with Crippen LogP contribution in [0.1, 0.15) is 29.5 Å². The third kappa shape index (κ3) is 4.24. The van der Waals surface area contributed by atoms with Crippen molar-refractivity contribution in [2.24, 2.45) is 5.92 Å². The maximum atomic E-state index is 13.1. The highest BCUT2D eigenvalue weighted by Gasteiger charge is 2.31. The number of hydrogen-bond acceptors (Lipinski definition) is 4. The van der Waals surface area contributed by atoms with Crippen molar-refractivity contribution in [3.63, 3.8) is 0 Å². The molecule has 0 radical (unpaired) electrons. The number of halogens is 1. The molecule has 7 heteroatoms. The van der Waals surface area contributed by atoms with Crippen molar-refractivity contribution >= 4 is 22.4 Å². The standard InChI is InChI=1S/C23H28N2O3S.ClH/c26-29(27,22-5-6-23-20(15-22)10-14-28-23)25-12-7-18(8-13-25)16-24-11-9-19-3-1-2-4-21(19)17-24;/h1-6,15,18H,7-14,16-17H2;1H. The fourth-order valence-corrected chi connectivity index (χ4v) is 6.40. The first-order chi connectivity index (χ1) is 14.1. The summed E-state index contributed by atoms with van der Waals surface area (Å²) in [5.74, 6) is 1.39. The first-order valence-electron chi connectivity index (χ1n) is 10.6. The van der Waals surface area contributed by atoms with Gasteiger partial charge in [0.25, 0.3) is 0 Å². The smallest absolute Gasteiger partial charge is 0.243 e. The average molecular weight is 449 g/mol. The lowest BCUT2D eigenvalue weighted by atomic mass is 9.94. The zero-order valence-corrected chi connectivity index (χ0v) is 18.8. The molecule has 3 aliphatic heterocycles. The van der Waals surface area contributed by atoms with Crippen LogP contribution in [0.2, 0.25) is 0 Å². The van der Waals surface area contributed by atoms with Crippen LogP contribution in [0.4, 0.5) is 0 Å². The number of sulfonamides is 1. The third-order valence-corrected chi connectivity index (χ3v) is 8.49. The van der Waals surface area contributed by atoms with Gasteiger partial charge in [0.05, 0.1) is 11.5 Å². The summed E-state index contributed by atoms with van der Waals surface area (Å²) < 4.78 is 33.4. The summed E-state index contributed by atoms with van der Waals surface area (Å²) in [7, 11) is -3.42. The van der Waals surface area contributed by atoms with Crippen molar-refractivity contribution in [3.05, 3.63) is 59.2 Å². The highest BCUT2D eigenvalue weighted by Crippen LogP contribution is 2.31. The topological polar surface area (TPSA) is 49.9 Å². The van der Waals surface area contributed by atoms with E-state index in [1.807, 2.05) is 0 Å². The van der Waals surface area contributed by atoms with E-state index in [9.17, 15) is 8.42 Å². The van der Waals surface area contributed by atoms with E-state index in [1.165, 1.54) is 11.1 Å². The van der Waals surface area contributed by atoms with Crippen molar-refractivity contribution in [2.75, 3.05) is 32.8 Å². The van der Waals surface area contributed by atoms with Crippen LogP contribution in [0.15, 0.2) is 47.4 Å². The van der Waals surface area contributed by atoms with Gasteiger partial charge in [0.15, 0.2) is 0 Å². The first kappa shape index (κ1) is 21.6. The number of piperidine rings is 1. The number of rotatable bonds is 4. The molecule has 0 spiro atoms. The molecular formula is C23H29ClN2O3S. The van der Waals surface area contributed by atoms with Crippen LogP contribution in [0.5, 0.6) is 5.75 Å². The lowest BCUT2D eigenvalue weighted by Crippen LogP contribution is -2.42. The fourth-order valence-electron chi connectivity index (χ4n) is 4.88. The summed E-state index contributed by atoms with van der Waals surface area (Å²) in [6.07, 6.45) is 3.78. The summed E-state index contributed by atoms with van der Waals surface area (Å²) >= 11 is 0. The van der Waals surface area contributed by atoms with E-state index in [2.05, 4.69) is 29.2 Å². The Labute approximate surface area is 185 Å². The Balaban J connectivity index is 0.00000218. The van der Waals surface area contributed by atoms with Gasteiger partial charge in [-0.2, -0.15) is 4.31 Å². The van der Waals surface area contributed by atoms with Gasteiger partial charge in [0, 0.05) is 39.1 Å². The second-order valence-corrected chi connectivity index (χ2v) is 10.4. The fraction of sp³-hybridized carbons (Fsp3) is 0.478. The largest absolute Gasteiger partial charge is 0.493 e. The number of hydrogen-bond donors (Lipinski definition) is 0. The molecule has 0 N–H and O–H groups in total. The van der Waals surface area contributed by atoms with Gasteiger partial charge in [0.2, 0.25) is 10.0 Å². The highest BCUT2D eigenvalue weighted by molar-refractivity contribution is 7.89. The minimum absolute atomic E-state index is 0. The normalized spacial score (nSPS) is 20.1. The van der Waals surface area contributed by atoms with Crippen LogP contribution in [-0.2, 0) is 29.4 Å².